The van der Waals surface area contributed by atoms with Crippen molar-refractivity contribution in [3.63, 3.8) is 0 Å². The van der Waals surface area contributed by atoms with E-state index < -0.39 is 6.10 Å². The van der Waals surface area contributed by atoms with Gasteiger partial charge >= 0.3 is 0 Å². The minimum absolute atomic E-state index is 0.375. The van der Waals surface area contributed by atoms with Gasteiger partial charge in [-0.15, -0.1) is 0 Å². The van der Waals surface area contributed by atoms with Gasteiger partial charge in [0.15, 0.2) is 0 Å². The lowest BCUT2D eigenvalue weighted by molar-refractivity contribution is -0.0114. The summed E-state index contributed by atoms with van der Waals surface area (Å²) in [4.78, 5) is 4.87. The molecule has 13 heavy (non-hydrogen) atoms. The van der Waals surface area contributed by atoms with Gasteiger partial charge in [-0.25, -0.2) is 0 Å². The van der Waals surface area contributed by atoms with Gasteiger partial charge < -0.3 is 14.7 Å². The SMILES string of the molecule is CCCCOCC(O)CNOCC. The third-order valence-electron chi connectivity index (χ3n) is 1.52. The van der Waals surface area contributed by atoms with Gasteiger partial charge in [-0.2, -0.15) is 5.48 Å². The lowest BCUT2D eigenvalue weighted by atomic mass is 10.3. The van der Waals surface area contributed by atoms with Gasteiger partial charge in [-0.05, 0) is 13.3 Å². The average molecular weight is 191 g/mol. The highest BCUT2D eigenvalue weighted by atomic mass is 16.6. The van der Waals surface area contributed by atoms with Crippen molar-refractivity contribution >= 4 is 0 Å². The van der Waals surface area contributed by atoms with Crippen LogP contribution in [0.15, 0.2) is 0 Å². The van der Waals surface area contributed by atoms with Crippen molar-refractivity contribution in [1.82, 2.24) is 5.48 Å². The number of rotatable bonds is 9. The number of hydrogen-bond acceptors (Lipinski definition) is 4. The van der Waals surface area contributed by atoms with Gasteiger partial charge in [0.2, 0.25) is 0 Å². The van der Waals surface area contributed by atoms with E-state index in [4.69, 9.17) is 9.57 Å². The monoisotopic (exact) mass is 191 g/mol. The van der Waals surface area contributed by atoms with Gasteiger partial charge in [-0.3, -0.25) is 0 Å². The van der Waals surface area contributed by atoms with E-state index in [0.717, 1.165) is 19.4 Å². The molecule has 0 saturated heterocycles. The molecule has 0 aromatic rings. The van der Waals surface area contributed by atoms with Crippen LogP contribution >= 0.6 is 0 Å². The Labute approximate surface area is 80.2 Å². The molecule has 0 aliphatic carbocycles. The molecule has 0 radical (unpaired) electrons. The Morgan fingerprint density at radius 1 is 1.38 bits per heavy atom. The molecule has 0 aliphatic heterocycles. The molecule has 0 fully saturated rings. The third kappa shape index (κ3) is 9.76. The second kappa shape index (κ2) is 9.92. The van der Waals surface area contributed by atoms with Crippen molar-refractivity contribution < 1.29 is 14.7 Å². The maximum atomic E-state index is 9.31. The number of unbranched alkanes of at least 4 members (excludes halogenated alkanes) is 1. The zero-order chi connectivity index (χ0) is 9.94. The second-order valence-corrected chi connectivity index (χ2v) is 2.86. The van der Waals surface area contributed by atoms with E-state index in [9.17, 15) is 5.11 Å². The van der Waals surface area contributed by atoms with E-state index in [1.165, 1.54) is 0 Å². The maximum Gasteiger partial charge on any atom is 0.0920 e. The first-order valence-corrected chi connectivity index (χ1v) is 4.91. The summed E-state index contributed by atoms with van der Waals surface area (Å²) in [5.74, 6) is 0. The van der Waals surface area contributed by atoms with E-state index in [1.54, 1.807) is 0 Å². The Hall–Kier alpha value is -0.160. The van der Waals surface area contributed by atoms with Crippen LogP contribution in [0.2, 0.25) is 0 Å². The molecule has 1 unspecified atom stereocenters. The van der Waals surface area contributed by atoms with Gasteiger partial charge in [0.05, 0.1) is 19.3 Å². The molecule has 0 amide bonds. The number of hydrogen-bond donors (Lipinski definition) is 2. The Morgan fingerprint density at radius 2 is 2.15 bits per heavy atom. The predicted molar refractivity (Wildman–Crippen MR) is 51.4 cm³/mol. The van der Waals surface area contributed by atoms with Crippen LogP contribution in [0, 0.1) is 0 Å². The molecule has 0 saturated carbocycles. The van der Waals surface area contributed by atoms with Gasteiger partial charge in [0.25, 0.3) is 0 Å². The highest BCUT2D eigenvalue weighted by Gasteiger charge is 2.02. The molecule has 1 atom stereocenters. The first kappa shape index (κ1) is 12.8. The summed E-state index contributed by atoms with van der Waals surface area (Å²) < 4.78 is 5.22. The Bertz CT molecular complexity index is 101. The minimum atomic E-state index is -0.483. The van der Waals surface area contributed by atoms with Crippen molar-refractivity contribution in [3.8, 4) is 0 Å². The summed E-state index contributed by atoms with van der Waals surface area (Å²) in [5.41, 5.74) is 2.65. The fraction of sp³-hybridized carbons (Fsp3) is 1.00. The molecule has 0 bridgehead atoms. The fourth-order valence-corrected chi connectivity index (χ4v) is 0.782. The second-order valence-electron chi connectivity index (χ2n) is 2.86. The van der Waals surface area contributed by atoms with Crippen molar-refractivity contribution in [1.29, 1.82) is 0 Å². The normalized spacial score (nSPS) is 13.2. The molecule has 0 aromatic heterocycles. The van der Waals surface area contributed by atoms with Crippen molar-refractivity contribution in [2.45, 2.75) is 32.8 Å². The third-order valence-corrected chi connectivity index (χ3v) is 1.52. The van der Waals surface area contributed by atoms with Crippen LogP contribution in [0.1, 0.15) is 26.7 Å². The van der Waals surface area contributed by atoms with Crippen LogP contribution < -0.4 is 5.48 Å². The summed E-state index contributed by atoms with van der Waals surface area (Å²) in [6.45, 7) is 6.11. The number of aliphatic hydroxyl groups is 1. The highest BCUT2D eigenvalue weighted by molar-refractivity contribution is 4.53. The molecular weight excluding hydrogens is 170 g/mol. The van der Waals surface area contributed by atoms with E-state index in [0.29, 0.717) is 19.8 Å². The number of nitrogens with one attached hydrogen (secondary N) is 1. The lowest BCUT2D eigenvalue weighted by Crippen LogP contribution is -2.30. The van der Waals surface area contributed by atoms with Crippen LogP contribution in [0.3, 0.4) is 0 Å². The molecular formula is C9H21NO3. The zero-order valence-corrected chi connectivity index (χ0v) is 8.58. The molecule has 4 heteroatoms. The van der Waals surface area contributed by atoms with E-state index in [2.05, 4.69) is 12.4 Å². The van der Waals surface area contributed by atoms with E-state index in [1.807, 2.05) is 6.92 Å². The quantitative estimate of drug-likeness (QED) is 0.416. The standard InChI is InChI=1S/C9H21NO3/c1-3-5-6-12-8-9(11)7-10-13-4-2/h9-11H,3-8H2,1-2H3. The molecule has 0 aliphatic rings. The topological polar surface area (TPSA) is 50.7 Å². The zero-order valence-electron chi connectivity index (χ0n) is 8.58. The summed E-state index contributed by atoms with van der Waals surface area (Å²) in [7, 11) is 0. The summed E-state index contributed by atoms with van der Waals surface area (Å²) in [6, 6.07) is 0. The molecule has 4 nitrogen and oxygen atoms in total. The van der Waals surface area contributed by atoms with Crippen molar-refractivity contribution in [2.24, 2.45) is 0 Å². The molecule has 2 N–H and O–H groups in total. The van der Waals surface area contributed by atoms with Crippen molar-refractivity contribution in [3.05, 3.63) is 0 Å². The maximum absolute atomic E-state index is 9.31. The van der Waals surface area contributed by atoms with Crippen LogP contribution in [-0.4, -0.2) is 37.6 Å². The lowest BCUT2D eigenvalue weighted by Gasteiger charge is -2.11. The molecule has 0 heterocycles. The summed E-state index contributed by atoms with van der Waals surface area (Å²) in [6.07, 6.45) is 1.68. The Kier molecular flexibility index (Phi) is 9.80. The Morgan fingerprint density at radius 3 is 2.77 bits per heavy atom. The van der Waals surface area contributed by atoms with Gasteiger partial charge in [0.1, 0.15) is 0 Å². The number of ether oxygens (including phenoxy) is 1. The molecule has 80 valence electrons. The predicted octanol–water partition coefficient (Wildman–Crippen LogP) is 0.705. The number of aliphatic hydroxyl groups excluding tert-OH is 1. The van der Waals surface area contributed by atoms with Gasteiger partial charge in [0, 0.05) is 13.2 Å². The van der Waals surface area contributed by atoms with E-state index >= 15 is 0 Å². The summed E-state index contributed by atoms with van der Waals surface area (Å²) >= 11 is 0. The van der Waals surface area contributed by atoms with E-state index in [-0.39, 0.29) is 0 Å². The van der Waals surface area contributed by atoms with Crippen LogP contribution in [0.5, 0.6) is 0 Å². The van der Waals surface area contributed by atoms with Crippen LogP contribution in [-0.2, 0) is 9.57 Å². The first-order chi connectivity index (χ1) is 6.31. The largest absolute Gasteiger partial charge is 0.389 e. The first-order valence-electron chi connectivity index (χ1n) is 4.91. The minimum Gasteiger partial charge on any atom is -0.389 e. The van der Waals surface area contributed by atoms with Gasteiger partial charge in [-0.1, -0.05) is 13.3 Å². The molecule has 0 rings (SSSR count). The average Bonchev–Trinajstić information content (AvgIpc) is 2.13. The summed E-state index contributed by atoms with van der Waals surface area (Å²) in [5, 5.41) is 9.31. The molecule has 0 spiro atoms. The smallest absolute Gasteiger partial charge is 0.0920 e. The highest BCUT2D eigenvalue weighted by Crippen LogP contribution is 1.90. The fourth-order valence-electron chi connectivity index (χ4n) is 0.782. The Balaban J connectivity index is 3.05. The number of hydroxylamine groups is 1. The van der Waals surface area contributed by atoms with Crippen molar-refractivity contribution in [2.75, 3.05) is 26.4 Å². The van der Waals surface area contributed by atoms with Crippen LogP contribution in [0.25, 0.3) is 0 Å². The van der Waals surface area contributed by atoms with Crippen LogP contribution in [0.4, 0.5) is 0 Å². The molecule has 0 aromatic carbocycles.